The third kappa shape index (κ3) is 6.10. The van der Waals surface area contributed by atoms with Crippen LogP contribution in [0.25, 0.3) is 0 Å². The number of fused-ring (bicyclic) bond motifs is 7. The molecule has 7 N–H and O–H groups in total. The lowest BCUT2D eigenvalue weighted by molar-refractivity contribution is -0.363. The highest BCUT2D eigenvalue weighted by Crippen LogP contribution is 2.76. The monoisotopic (exact) mass is 778 g/mol. The average molecular weight is 779 g/mol. The molecule has 312 valence electrons. The molecule has 0 radical (unpaired) electrons. The lowest BCUT2D eigenvalue weighted by atomic mass is 9.33. The van der Waals surface area contributed by atoms with Crippen LogP contribution in [0, 0.1) is 50.2 Å². The Bertz CT molecular complexity index is 1550. The summed E-state index contributed by atoms with van der Waals surface area (Å²) in [6.07, 6.45) is -5.46. The van der Waals surface area contributed by atoms with E-state index >= 15 is 0 Å². The maximum atomic E-state index is 13.0. The Morgan fingerprint density at radius 3 is 2.04 bits per heavy atom. The third-order valence-electron chi connectivity index (χ3n) is 17.2. The zero-order chi connectivity index (χ0) is 40.4. The Balaban J connectivity index is 1.13. The number of aliphatic hydroxyl groups is 5. The van der Waals surface area contributed by atoms with Gasteiger partial charge in [0.05, 0.1) is 17.6 Å². The number of carbonyl (C=O) groups is 2. The maximum absolute atomic E-state index is 13.0. The highest BCUT2D eigenvalue weighted by Gasteiger charge is 2.69. The van der Waals surface area contributed by atoms with Gasteiger partial charge in [0.2, 0.25) is 0 Å². The van der Waals surface area contributed by atoms with Crippen LogP contribution in [0.5, 0.6) is 0 Å². The van der Waals surface area contributed by atoms with Gasteiger partial charge in [-0.3, -0.25) is 4.79 Å². The predicted octanol–water partition coefficient (Wildman–Crippen LogP) is 4.00. The summed E-state index contributed by atoms with van der Waals surface area (Å²) in [5, 5.41) is 74.4. The Morgan fingerprint density at radius 1 is 0.727 bits per heavy atom. The molecule has 55 heavy (non-hydrogen) atoms. The first kappa shape index (κ1) is 41.5. The summed E-state index contributed by atoms with van der Waals surface area (Å²) in [4.78, 5) is 25.3. The molecule has 0 bridgehead atoms. The van der Waals surface area contributed by atoms with E-state index in [1.165, 1.54) is 12.5 Å². The minimum atomic E-state index is -1.87. The van der Waals surface area contributed by atoms with Crippen molar-refractivity contribution in [3.05, 3.63) is 11.6 Å². The van der Waals surface area contributed by atoms with E-state index in [0.29, 0.717) is 18.8 Å². The fourth-order valence-corrected chi connectivity index (χ4v) is 13.6. The van der Waals surface area contributed by atoms with Crippen molar-refractivity contribution in [3.8, 4) is 0 Å². The highest BCUT2D eigenvalue weighted by molar-refractivity contribution is 5.76. The molecule has 6 fully saturated rings. The maximum Gasteiger partial charge on any atom is 0.335 e. The zero-order valence-corrected chi connectivity index (χ0v) is 33.8. The normalized spacial score (nSPS) is 53.1. The molecule has 2 aliphatic heterocycles. The second-order valence-electron chi connectivity index (χ2n) is 20.7. The van der Waals surface area contributed by atoms with Gasteiger partial charge in [-0.25, -0.2) is 4.79 Å². The van der Waals surface area contributed by atoms with Gasteiger partial charge in [0.15, 0.2) is 18.7 Å². The van der Waals surface area contributed by atoms with Gasteiger partial charge >= 0.3 is 11.9 Å². The molecule has 4 saturated carbocycles. The number of aliphatic hydroxyl groups excluding tert-OH is 5. The SMILES string of the molecule is C[C@@H]1O[C@H](O[C@@H]2[C@@H](O)[C@H](O[C@H]3CC[C@@]4(C)[C@H](CC[C@@]5(C)[C@H]4CC=C4[C@@H]6CC(C)(C)CC[C@]6(C(=O)O)CC[C@@]45C)C3(C)C)O[C@@H](C(=O)O)[C@H]2O)[C@H](O)[C@H](O)[C@@H]1O. The Morgan fingerprint density at radius 2 is 1.38 bits per heavy atom. The van der Waals surface area contributed by atoms with Crippen molar-refractivity contribution in [1.82, 2.24) is 0 Å². The molecule has 0 aromatic heterocycles. The summed E-state index contributed by atoms with van der Waals surface area (Å²) in [6, 6.07) is 0. The number of allylic oxidation sites excluding steroid dienone is 2. The van der Waals surface area contributed by atoms with Crippen molar-refractivity contribution in [2.24, 2.45) is 50.2 Å². The summed E-state index contributed by atoms with van der Waals surface area (Å²) >= 11 is 0. The fourth-order valence-electron chi connectivity index (χ4n) is 13.6. The first-order chi connectivity index (χ1) is 25.4. The van der Waals surface area contributed by atoms with Crippen molar-refractivity contribution in [2.75, 3.05) is 0 Å². The predicted molar refractivity (Wildman–Crippen MR) is 197 cm³/mol. The molecular weight excluding hydrogens is 712 g/mol. The van der Waals surface area contributed by atoms with E-state index in [4.69, 9.17) is 18.9 Å². The fraction of sp³-hybridized carbons (Fsp3) is 0.905. The number of ether oxygens (including phenoxy) is 4. The van der Waals surface area contributed by atoms with E-state index in [1.807, 2.05) is 0 Å². The van der Waals surface area contributed by atoms with Crippen molar-refractivity contribution in [1.29, 1.82) is 0 Å². The van der Waals surface area contributed by atoms with Gasteiger partial charge in [-0.1, -0.05) is 60.1 Å². The lowest BCUT2D eigenvalue weighted by Crippen LogP contribution is -2.67. The summed E-state index contributed by atoms with van der Waals surface area (Å²) in [6.45, 7) is 17.7. The van der Waals surface area contributed by atoms with Crippen LogP contribution in [-0.2, 0) is 28.5 Å². The van der Waals surface area contributed by atoms with E-state index < -0.39 is 90.3 Å². The average Bonchev–Trinajstić information content (AvgIpc) is 3.09. The van der Waals surface area contributed by atoms with Crippen molar-refractivity contribution < 1.29 is 64.3 Å². The largest absolute Gasteiger partial charge is 0.481 e. The second kappa shape index (κ2) is 13.7. The number of hydrogen-bond acceptors (Lipinski definition) is 11. The molecule has 18 atom stereocenters. The minimum absolute atomic E-state index is 0.0345. The third-order valence-corrected chi connectivity index (χ3v) is 17.2. The van der Waals surface area contributed by atoms with Gasteiger partial charge in [-0.2, -0.15) is 0 Å². The molecule has 13 nitrogen and oxygen atoms in total. The van der Waals surface area contributed by atoms with Gasteiger partial charge in [-0.05, 0) is 116 Å². The summed E-state index contributed by atoms with van der Waals surface area (Å²) in [5.74, 6) is -1.54. The molecule has 0 aromatic carbocycles. The smallest absolute Gasteiger partial charge is 0.335 e. The van der Waals surface area contributed by atoms with Crippen molar-refractivity contribution in [2.45, 2.75) is 187 Å². The topological polar surface area (TPSA) is 213 Å². The highest BCUT2D eigenvalue weighted by atomic mass is 16.7. The van der Waals surface area contributed by atoms with Crippen LogP contribution < -0.4 is 0 Å². The summed E-state index contributed by atoms with van der Waals surface area (Å²) in [5.41, 5.74) is 0.0941. The summed E-state index contributed by atoms with van der Waals surface area (Å²) < 4.78 is 23.7. The van der Waals surface area contributed by atoms with Crippen molar-refractivity contribution in [3.63, 3.8) is 0 Å². The molecular formula is C42H66O13. The van der Waals surface area contributed by atoms with E-state index in [0.717, 1.165) is 51.4 Å². The number of carboxylic acid groups (broad SMARTS) is 2. The van der Waals surface area contributed by atoms with Crippen LogP contribution in [0.4, 0.5) is 0 Å². The molecule has 2 saturated heterocycles. The van der Waals surface area contributed by atoms with Gasteiger partial charge < -0.3 is 54.7 Å². The van der Waals surface area contributed by atoms with Crippen LogP contribution in [-0.4, -0.2) is 115 Å². The Kier molecular flexibility index (Phi) is 10.3. The van der Waals surface area contributed by atoms with Crippen LogP contribution >= 0.6 is 0 Å². The number of rotatable bonds is 6. The second-order valence-corrected chi connectivity index (χ2v) is 20.7. The van der Waals surface area contributed by atoms with Gasteiger partial charge in [0, 0.05) is 0 Å². The Labute approximate surface area is 324 Å². The van der Waals surface area contributed by atoms with Crippen LogP contribution in [0.2, 0.25) is 0 Å². The summed E-state index contributed by atoms with van der Waals surface area (Å²) in [7, 11) is 0. The molecule has 13 heteroatoms. The molecule has 0 amide bonds. The van der Waals surface area contributed by atoms with Crippen LogP contribution in [0.3, 0.4) is 0 Å². The lowest BCUT2D eigenvalue weighted by Gasteiger charge is -2.71. The Hall–Kier alpha value is -1.68. The molecule has 7 aliphatic rings. The first-order valence-electron chi connectivity index (χ1n) is 20.6. The van der Waals surface area contributed by atoms with Gasteiger partial charge in [-0.15, -0.1) is 0 Å². The zero-order valence-electron chi connectivity index (χ0n) is 33.8. The van der Waals surface area contributed by atoms with E-state index in [-0.39, 0.29) is 33.5 Å². The van der Waals surface area contributed by atoms with E-state index in [2.05, 4.69) is 54.5 Å². The number of aliphatic carboxylic acids is 2. The molecule has 0 unspecified atom stereocenters. The van der Waals surface area contributed by atoms with Crippen molar-refractivity contribution >= 4 is 11.9 Å². The van der Waals surface area contributed by atoms with Crippen LogP contribution in [0.1, 0.15) is 120 Å². The molecule has 5 aliphatic carbocycles. The van der Waals surface area contributed by atoms with Gasteiger partial charge in [0.1, 0.15) is 36.6 Å². The van der Waals surface area contributed by atoms with E-state index in [1.54, 1.807) is 0 Å². The van der Waals surface area contributed by atoms with Gasteiger partial charge in [0.25, 0.3) is 0 Å². The molecule has 7 rings (SSSR count). The molecule has 0 spiro atoms. The number of hydrogen-bond donors (Lipinski definition) is 7. The molecule has 2 heterocycles. The first-order valence-corrected chi connectivity index (χ1v) is 20.6. The quantitative estimate of drug-likeness (QED) is 0.150. The minimum Gasteiger partial charge on any atom is -0.481 e. The molecule has 0 aromatic rings. The van der Waals surface area contributed by atoms with E-state index in [9.17, 15) is 45.3 Å². The standard InChI is InChI=1S/C42H66O13/c1-20-26(43)27(44)28(45)34(52-20)54-31-29(46)32(33(48)49)55-35(30(31)47)53-25-12-13-39(6)23(38(25,4)5)11-14-41(8)24(39)10-9-21-22-19-37(2,3)15-17-42(22,36(50)51)18-16-40(21,41)7/h9,20,22-32,34-35,43-47H,10-19H2,1-8H3,(H,48,49)(H,50,51)/t20-,22-,23+,24-,25-,26+,27+,28+,29-,30+,31-,32+,34+,35+,39-,40-,41-,42-/m0/s1. The number of carboxylic acids is 2. The van der Waals surface area contributed by atoms with Crippen LogP contribution in [0.15, 0.2) is 11.6 Å².